The van der Waals surface area contributed by atoms with Crippen molar-refractivity contribution < 1.29 is 13.2 Å². The van der Waals surface area contributed by atoms with E-state index in [1.165, 1.54) is 22.6 Å². The van der Waals surface area contributed by atoms with Crippen molar-refractivity contribution in [2.45, 2.75) is 30.7 Å². The molecule has 1 aliphatic rings. The summed E-state index contributed by atoms with van der Waals surface area (Å²) < 4.78 is 28.4. The van der Waals surface area contributed by atoms with E-state index in [0.717, 1.165) is 12.8 Å². The number of aryl methyl sites for hydroxylation is 1. The quantitative estimate of drug-likeness (QED) is 0.861. The standard InChI is InChI=1S/C16H20N4O3S/c21-16(6-12-19-8-1-2-9-19)18-15-13-14(5-7-17-15)24(22,23)20-10-3-4-11-20/h1-2,5,7-9,13H,3-4,6,10-12H2,(H,17,18,21). The van der Waals surface area contributed by atoms with Gasteiger partial charge in [-0.2, -0.15) is 4.31 Å². The van der Waals surface area contributed by atoms with Crippen LogP contribution in [0.4, 0.5) is 5.82 Å². The number of hydrogen-bond donors (Lipinski definition) is 1. The highest BCUT2D eigenvalue weighted by molar-refractivity contribution is 7.89. The van der Waals surface area contributed by atoms with E-state index in [0.29, 0.717) is 26.1 Å². The predicted molar refractivity (Wildman–Crippen MR) is 89.9 cm³/mol. The molecule has 128 valence electrons. The number of carbonyl (C=O) groups excluding carboxylic acids is 1. The highest BCUT2D eigenvalue weighted by atomic mass is 32.2. The average Bonchev–Trinajstić information content (AvgIpc) is 3.27. The van der Waals surface area contributed by atoms with E-state index in [9.17, 15) is 13.2 Å². The van der Waals surface area contributed by atoms with Gasteiger partial charge in [0.25, 0.3) is 0 Å². The second-order valence-corrected chi connectivity index (χ2v) is 7.64. The van der Waals surface area contributed by atoms with Gasteiger partial charge in [-0.1, -0.05) is 0 Å². The zero-order valence-corrected chi connectivity index (χ0v) is 14.1. The molecule has 0 radical (unpaired) electrons. The van der Waals surface area contributed by atoms with Gasteiger partial charge in [0.1, 0.15) is 5.82 Å². The van der Waals surface area contributed by atoms with Crippen molar-refractivity contribution in [2.75, 3.05) is 18.4 Å². The minimum absolute atomic E-state index is 0.167. The molecule has 1 saturated heterocycles. The molecule has 2 aromatic rings. The Bertz CT molecular complexity index is 796. The van der Waals surface area contributed by atoms with Crippen LogP contribution in [0.3, 0.4) is 0 Å². The number of anilines is 1. The lowest BCUT2D eigenvalue weighted by molar-refractivity contribution is -0.116. The number of nitrogens with one attached hydrogen (secondary N) is 1. The van der Waals surface area contributed by atoms with Crippen molar-refractivity contribution in [1.82, 2.24) is 13.9 Å². The predicted octanol–water partition coefficient (Wildman–Crippen LogP) is 1.70. The molecule has 0 aliphatic carbocycles. The highest BCUT2D eigenvalue weighted by Gasteiger charge is 2.27. The molecule has 0 atom stereocenters. The Labute approximate surface area is 141 Å². The summed E-state index contributed by atoms with van der Waals surface area (Å²) in [5.41, 5.74) is 0. The molecule has 1 fully saturated rings. The molecule has 8 heteroatoms. The van der Waals surface area contributed by atoms with E-state index in [2.05, 4.69) is 10.3 Å². The third-order valence-electron chi connectivity index (χ3n) is 3.96. The third kappa shape index (κ3) is 3.82. The maximum Gasteiger partial charge on any atom is 0.243 e. The van der Waals surface area contributed by atoms with Gasteiger partial charge >= 0.3 is 0 Å². The number of amides is 1. The topological polar surface area (TPSA) is 84.3 Å². The SMILES string of the molecule is O=C(CCn1cccc1)Nc1cc(S(=O)(=O)N2CCCC2)ccn1. The zero-order valence-electron chi connectivity index (χ0n) is 13.3. The van der Waals surface area contributed by atoms with E-state index < -0.39 is 10.0 Å². The number of sulfonamides is 1. The smallest absolute Gasteiger partial charge is 0.243 e. The summed E-state index contributed by atoms with van der Waals surface area (Å²) in [5.74, 6) is 0.0553. The molecular weight excluding hydrogens is 328 g/mol. The van der Waals surface area contributed by atoms with Crippen molar-refractivity contribution in [1.29, 1.82) is 0 Å². The van der Waals surface area contributed by atoms with Crippen LogP contribution in [0.1, 0.15) is 19.3 Å². The van der Waals surface area contributed by atoms with Crippen LogP contribution < -0.4 is 5.32 Å². The van der Waals surface area contributed by atoms with Gasteiger partial charge < -0.3 is 9.88 Å². The van der Waals surface area contributed by atoms with Crippen LogP contribution >= 0.6 is 0 Å². The first kappa shape index (κ1) is 16.7. The van der Waals surface area contributed by atoms with Crippen molar-refractivity contribution in [3.8, 4) is 0 Å². The van der Waals surface area contributed by atoms with Gasteiger partial charge in [0, 0.05) is 50.7 Å². The van der Waals surface area contributed by atoms with Gasteiger partial charge in [0.2, 0.25) is 15.9 Å². The first-order chi connectivity index (χ1) is 11.6. The van der Waals surface area contributed by atoms with E-state index in [4.69, 9.17) is 0 Å². The second-order valence-electron chi connectivity index (χ2n) is 5.71. The highest BCUT2D eigenvalue weighted by Crippen LogP contribution is 2.22. The van der Waals surface area contributed by atoms with E-state index in [1.54, 1.807) is 0 Å². The zero-order chi connectivity index (χ0) is 17.0. The number of rotatable bonds is 6. The second kappa shape index (κ2) is 7.14. The fourth-order valence-corrected chi connectivity index (χ4v) is 4.20. The van der Waals surface area contributed by atoms with Gasteiger partial charge in [0.05, 0.1) is 4.90 Å². The molecule has 3 rings (SSSR count). The molecule has 3 heterocycles. The van der Waals surface area contributed by atoms with Crippen LogP contribution in [0.25, 0.3) is 0 Å². The summed E-state index contributed by atoms with van der Waals surface area (Å²) in [6.45, 7) is 1.65. The minimum atomic E-state index is -3.51. The summed E-state index contributed by atoms with van der Waals surface area (Å²) in [6.07, 6.45) is 7.23. The lowest BCUT2D eigenvalue weighted by Crippen LogP contribution is -2.28. The Morgan fingerprint density at radius 3 is 2.62 bits per heavy atom. The summed E-state index contributed by atoms with van der Waals surface area (Å²) in [7, 11) is -3.51. The molecular formula is C16H20N4O3S. The molecule has 7 nitrogen and oxygen atoms in total. The number of aromatic nitrogens is 2. The van der Waals surface area contributed by atoms with Crippen molar-refractivity contribution in [2.24, 2.45) is 0 Å². The molecule has 0 bridgehead atoms. The molecule has 1 amide bonds. The summed E-state index contributed by atoms with van der Waals surface area (Å²) in [4.78, 5) is 16.2. The minimum Gasteiger partial charge on any atom is -0.354 e. The van der Waals surface area contributed by atoms with Crippen LogP contribution in [0, 0.1) is 0 Å². The van der Waals surface area contributed by atoms with E-state index >= 15 is 0 Å². The van der Waals surface area contributed by atoms with Crippen LogP contribution in [-0.2, 0) is 21.4 Å². The van der Waals surface area contributed by atoms with Crippen LogP contribution in [0.5, 0.6) is 0 Å². The third-order valence-corrected chi connectivity index (χ3v) is 5.86. The average molecular weight is 348 g/mol. The lowest BCUT2D eigenvalue weighted by atomic mass is 10.4. The Balaban J connectivity index is 1.65. The van der Waals surface area contributed by atoms with Crippen molar-refractivity contribution >= 4 is 21.7 Å². The van der Waals surface area contributed by atoms with Gasteiger partial charge in [-0.15, -0.1) is 0 Å². The van der Waals surface area contributed by atoms with Crippen LogP contribution in [0.2, 0.25) is 0 Å². The molecule has 0 aromatic carbocycles. The fraction of sp³-hybridized carbons (Fsp3) is 0.375. The van der Waals surface area contributed by atoms with Gasteiger partial charge in [0.15, 0.2) is 0 Å². The van der Waals surface area contributed by atoms with Crippen LogP contribution in [-0.4, -0.2) is 41.3 Å². The first-order valence-electron chi connectivity index (χ1n) is 7.92. The van der Waals surface area contributed by atoms with Crippen LogP contribution in [0.15, 0.2) is 47.8 Å². The molecule has 0 unspecified atom stereocenters. The Hall–Kier alpha value is -2.19. The number of pyridine rings is 1. The van der Waals surface area contributed by atoms with Gasteiger partial charge in [-0.3, -0.25) is 4.79 Å². The maximum atomic E-state index is 12.5. The summed E-state index contributed by atoms with van der Waals surface area (Å²) >= 11 is 0. The largest absolute Gasteiger partial charge is 0.354 e. The summed E-state index contributed by atoms with van der Waals surface area (Å²) in [5, 5.41) is 2.66. The normalized spacial score (nSPS) is 15.5. The molecule has 0 saturated carbocycles. The molecule has 2 aromatic heterocycles. The Morgan fingerprint density at radius 1 is 1.21 bits per heavy atom. The fourth-order valence-electron chi connectivity index (χ4n) is 2.67. The maximum absolute atomic E-state index is 12.5. The molecule has 1 N–H and O–H groups in total. The molecule has 24 heavy (non-hydrogen) atoms. The van der Waals surface area contributed by atoms with Crippen molar-refractivity contribution in [3.63, 3.8) is 0 Å². The lowest BCUT2D eigenvalue weighted by Gasteiger charge is -2.15. The van der Waals surface area contributed by atoms with E-state index in [-0.39, 0.29) is 16.6 Å². The number of carbonyl (C=O) groups is 1. The Kier molecular flexibility index (Phi) is 4.96. The van der Waals surface area contributed by atoms with Crippen molar-refractivity contribution in [3.05, 3.63) is 42.9 Å². The Morgan fingerprint density at radius 2 is 1.92 bits per heavy atom. The van der Waals surface area contributed by atoms with E-state index in [1.807, 2.05) is 29.1 Å². The number of hydrogen-bond acceptors (Lipinski definition) is 4. The molecule has 0 spiro atoms. The van der Waals surface area contributed by atoms with Gasteiger partial charge in [-0.05, 0) is 31.0 Å². The number of nitrogens with zero attached hydrogens (tertiary/aromatic N) is 3. The summed E-state index contributed by atoms with van der Waals surface area (Å²) in [6, 6.07) is 6.67. The first-order valence-corrected chi connectivity index (χ1v) is 9.36. The molecule has 1 aliphatic heterocycles. The monoisotopic (exact) mass is 348 g/mol. The van der Waals surface area contributed by atoms with Gasteiger partial charge in [-0.25, -0.2) is 13.4 Å².